The van der Waals surface area contributed by atoms with Gasteiger partial charge in [0.1, 0.15) is 11.6 Å². The Balaban J connectivity index is 1.53. The minimum atomic E-state index is -0.314. The van der Waals surface area contributed by atoms with Crippen LogP contribution in [0.5, 0.6) is 0 Å². The molecular weight excluding hydrogens is 377 g/mol. The molecule has 1 aliphatic heterocycles. The van der Waals surface area contributed by atoms with E-state index in [1.165, 1.54) is 23.2 Å². The molecule has 0 saturated carbocycles. The van der Waals surface area contributed by atoms with Gasteiger partial charge in [0.05, 0.1) is 6.54 Å². The molecule has 0 spiro atoms. The molecule has 8 heteroatoms. The van der Waals surface area contributed by atoms with Crippen molar-refractivity contribution in [2.24, 2.45) is 0 Å². The topological polar surface area (TPSA) is 63.1 Å². The summed E-state index contributed by atoms with van der Waals surface area (Å²) >= 11 is 1.58. The first-order valence-corrected chi connectivity index (χ1v) is 10.3. The van der Waals surface area contributed by atoms with Crippen molar-refractivity contribution in [1.29, 1.82) is 0 Å². The van der Waals surface area contributed by atoms with E-state index in [4.69, 9.17) is 0 Å². The molecule has 1 atom stereocenters. The van der Waals surface area contributed by atoms with Gasteiger partial charge < -0.3 is 10.2 Å². The van der Waals surface area contributed by atoms with Crippen molar-refractivity contribution >= 4 is 22.3 Å². The molecule has 3 heterocycles. The maximum atomic E-state index is 13.5. The lowest BCUT2D eigenvalue weighted by Crippen LogP contribution is -2.45. The highest BCUT2D eigenvalue weighted by Gasteiger charge is 2.24. The van der Waals surface area contributed by atoms with Crippen LogP contribution in [0.2, 0.25) is 0 Å². The van der Waals surface area contributed by atoms with E-state index in [0.29, 0.717) is 5.56 Å². The summed E-state index contributed by atoms with van der Waals surface area (Å²) in [6.45, 7) is 1.92. The van der Waals surface area contributed by atoms with Gasteiger partial charge >= 0.3 is 0 Å². The van der Waals surface area contributed by atoms with Gasteiger partial charge in [-0.1, -0.05) is 12.1 Å². The van der Waals surface area contributed by atoms with Crippen molar-refractivity contribution in [1.82, 2.24) is 14.8 Å². The second-order valence-electron chi connectivity index (χ2n) is 6.88. The van der Waals surface area contributed by atoms with Crippen LogP contribution < -0.4 is 15.8 Å². The molecule has 1 N–H and O–H groups in total. The van der Waals surface area contributed by atoms with Crippen LogP contribution in [0.1, 0.15) is 24.8 Å². The van der Waals surface area contributed by atoms with Crippen LogP contribution in [-0.4, -0.2) is 33.9 Å². The summed E-state index contributed by atoms with van der Waals surface area (Å²) in [5, 5.41) is 10.8. The van der Waals surface area contributed by atoms with Gasteiger partial charge in [0, 0.05) is 36.8 Å². The highest BCUT2D eigenvalue weighted by atomic mass is 32.1. The van der Waals surface area contributed by atoms with Gasteiger partial charge in [0.15, 0.2) is 5.13 Å². The first kappa shape index (κ1) is 18.6. The molecular formula is C20H22FN5OS. The number of hydrogen-bond acceptors (Lipinski definition) is 6. The molecule has 0 bridgehead atoms. The molecule has 1 unspecified atom stereocenters. The predicted octanol–water partition coefficient (Wildman–Crippen LogP) is 3.36. The molecule has 28 heavy (non-hydrogen) atoms. The van der Waals surface area contributed by atoms with E-state index in [-0.39, 0.29) is 24.0 Å². The fourth-order valence-corrected chi connectivity index (χ4v) is 4.08. The van der Waals surface area contributed by atoms with E-state index >= 15 is 0 Å². The van der Waals surface area contributed by atoms with Crippen LogP contribution in [0.25, 0.3) is 0 Å². The monoisotopic (exact) mass is 399 g/mol. The van der Waals surface area contributed by atoms with E-state index in [1.54, 1.807) is 41.8 Å². The minimum absolute atomic E-state index is 0.192. The summed E-state index contributed by atoms with van der Waals surface area (Å²) in [7, 11) is 0. The van der Waals surface area contributed by atoms with Crippen LogP contribution in [0, 0.1) is 5.82 Å². The quantitative estimate of drug-likeness (QED) is 0.689. The normalized spacial score (nSPS) is 16.9. The molecule has 1 fully saturated rings. The van der Waals surface area contributed by atoms with Gasteiger partial charge in [-0.3, -0.25) is 4.79 Å². The van der Waals surface area contributed by atoms with E-state index < -0.39 is 0 Å². The summed E-state index contributed by atoms with van der Waals surface area (Å²) in [5.41, 5.74) is 0.523. The molecule has 6 nitrogen and oxygen atoms in total. The fraction of sp³-hybridized carbons (Fsp3) is 0.350. The molecule has 2 aromatic heterocycles. The maximum absolute atomic E-state index is 13.5. The Kier molecular flexibility index (Phi) is 5.66. The number of nitrogens with one attached hydrogen (secondary N) is 1. The number of halogens is 1. The second kappa shape index (κ2) is 8.52. The van der Waals surface area contributed by atoms with Crippen molar-refractivity contribution in [2.75, 3.05) is 23.3 Å². The lowest BCUT2D eigenvalue weighted by molar-refractivity contribution is 0.463. The number of rotatable bonds is 6. The zero-order valence-electron chi connectivity index (χ0n) is 15.4. The summed E-state index contributed by atoms with van der Waals surface area (Å²) in [6.07, 6.45) is 5.11. The molecule has 0 aliphatic carbocycles. The lowest BCUT2D eigenvalue weighted by atomic mass is 10.0. The average molecular weight is 399 g/mol. The van der Waals surface area contributed by atoms with Crippen molar-refractivity contribution in [3.63, 3.8) is 0 Å². The zero-order chi connectivity index (χ0) is 19.3. The Bertz CT molecular complexity index is 975. The van der Waals surface area contributed by atoms with E-state index in [0.717, 1.165) is 36.9 Å². The zero-order valence-corrected chi connectivity index (χ0v) is 16.2. The Morgan fingerprint density at radius 2 is 2.18 bits per heavy atom. The Labute approximate surface area is 166 Å². The van der Waals surface area contributed by atoms with Crippen molar-refractivity contribution < 1.29 is 4.39 Å². The molecule has 0 amide bonds. The van der Waals surface area contributed by atoms with Crippen molar-refractivity contribution in [2.45, 2.75) is 31.8 Å². The Morgan fingerprint density at radius 1 is 1.25 bits per heavy atom. The van der Waals surface area contributed by atoms with E-state index in [1.807, 2.05) is 5.38 Å². The van der Waals surface area contributed by atoms with Gasteiger partial charge in [-0.15, -0.1) is 11.3 Å². The molecule has 4 rings (SSSR count). The van der Waals surface area contributed by atoms with Crippen LogP contribution in [0.15, 0.2) is 52.8 Å². The number of anilines is 2. The van der Waals surface area contributed by atoms with Gasteiger partial charge in [0.25, 0.3) is 5.56 Å². The molecule has 1 aromatic carbocycles. The number of benzene rings is 1. The number of piperidine rings is 1. The Morgan fingerprint density at radius 3 is 3.00 bits per heavy atom. The summed E-state index contributed by atoms with van der Waals surface area (Å²) in [6, 6.07) is 9.88. The standard InChI is InChI=1S/C20H22FN5OS/c21-16-5-3-4-15(12-16)14-26-19(27)8-7-18(24-26)25-10-2-1-6-17(25)13-23-20-22-9-11-28-20/h3-5,7-9,11-12,17H,1-2,6,10,13-14H2,(H,22,23). The number of thiazole rings is 1. The maximum Gasteiger partial charge on any atom is 0.267 e. The van der Waals surface area contributed by atoms with Gasteiger partial charge in [-0.05, 0) is 43.0 Å². The third-order valence-electron chi connectivity index (χ3n) is 4.92. The van der Waals surface area contributed by atoms with Gasteiger partial charge in [-0.25, -0.2) is 14.1 Å². The van der Waals surface area contributed by atoms with Crippen LogP contribution >= 0.6 is 11.3 Å². The number of hydrogen-bond donors (Lipinski definition) is 1. The molecule has 1 aliphatic rings. The second-order valence-corrected chi connectivity index (χ2v) is 7.77. The predicted molar refractivity (Wildman–Crippen MR) is 110 cm³/mol. The number of nitrogens with zero attached hydrogens (tertiary/aromatic N) is 4. The Hall–Kier alpha value is -2.74. The highest BCUT2D eigenvalue weighted by Crippen LogP contribution is 2.23. The first-order valence-electron chi connectivity index (χ1n) is 9.42. The number of aromatic nitrogens is 3. The average Bonchev–Trinajstić information content (AvgIpc) is 3.22. The van der Waals surface area contributed by atoms with Crippen LogP contribution in [0.4, 0.5) is 15.3 Å². The SMILES string of the molecule is O=c1ccc(N2CCCCC2CNc2nccs2)nn1Cc1cccc(F)c1. The smallest absolute Gasteiger partial charge is 0.267 e. The van der Waals surface area contributed by atoms with E-state index in [2.05, 4.69) is 20.3 Å². The summed E-state index contributed by atoms with van der Waals surface area (Å²) < 4.78 is 14.9. The lowest BCUT2D eigenvalue weighted by Gasteiger charge is -2.36. The van der Waals surface area contributed by atoms with Crippen molar-refractivity contribution in [3.8, 4) is 0 Å². The highest BCUT2D eigenvalue weighted by molar-refractivity contribution is 7.13. The third kappa shape index (κ3) is 4.39. The fourth-order valence-electron chi connectivity index (χ4n) is 3.54. The summed E-state index contributed by atoms with van der Waals surface area (Å²) in [5.74, 6) is 0.465. The van der Waals surface area contributed by atoms with Gasteiger partial charge in [0.2, 0.25) is 0 Å². The molecule has 146 valence electrons. The third-order valence-corrected chi connectivity index (χ3v) is 5.65. The first-order chi connectivity index (χ1) is 13.7. The molecule has 3 aromatic rings. The molecule has 1 saturated heterocycles. The van der Waals surface area contributed by atoms with Crippen molar-refractivity contribution in [3.05, 3.63) is 69.7 Å². The summed E-state index contributed by atoms with van der Waals surface area (Å²) in [4.78, 5) is 18.8. The van der Waals surface area contributed by atoms with Gasteiger partial charge in [-0.2, -0.15) is 5.10 Å². The van der Waals surface area contributed by atoms with Crippen LogP contribution in [-0.2, 0) is 6.54 Å². The van der Waals surface area contributed by atoms with E-state index in [9.17, 15) is 9.18 Å². The largest absolute Gasteiger partial charge is 0.359 e. The minimum Gasteiger partial charge on any atom is -0.359 e. The van der Waals surface area contributed by atoms with Crippen LogP contribution in [0.3, 0.4) is 0 Å². The molecule has 0 radical (unpaired) electrons.